The highest BCUT2D eigenvalue weighted by Gasteiger charge is 2.18. The molecule has 0 saturated heterocycles. The molecule has 2 heterocycles. The number of nitrogens with zero attached hydrogens (tertiary/aromatic N) is 3. The van der Waals surface area contributed by atoms with E-state index in [0.29, 0.717) is 23.3 Å². The van der Waals surface area contributed by atoms with Crippen molar-refractivity contribution in [3.05, 3.63) is 36.2 Å². The minimum atomic E-state index is 0.470. The second-order valence-corrected chi connectivity index (χ2v) is 6.64. The maximum atomic E-state index is 10.6. The molecule has 1 fully saturated rings. The minimum absolute atomic E-state index is 0.470. The largest absolute Gasteiger partial charge is 0.339 e. The summed E-state index contributed by atoms with van der Waals surface area (Å²) in [6.07, 6.45) is 3.57. The average Bonchev–Trinajstić information content (AvgIpc) is 3.09. The molecule has 4 rings (SSSR count). The van der Waals surface area contributed by atoms with Crippen LogP contribution < -0.4 is 5.32 Å². The minimum Gasteiger partial charge on any atom is -0.339 e. The van der Waals surface area contributed by atoms with Crippen LogP contribution in [0.5, 0.6) is 0 Å². The van der Waals surface area contributed by atoms with E-state index in [-0.39, 0.29) is 0 Å². The van der Waals surface area contributed by atoms with Gasteiger partial charge in [-0.15, -0.1) is 0 Å². The zero-order valence-corrected chi connectivity index (χ0v) is 14.3. The van der Waals surface area contributed by atoms with E-state index >= 15 is 0 Å². The fraction of sp³-hybridized carbons (Fsp3) is 0.294. The molecule has 1 aliphatic rings. The van der Waals surface area contributed by atoms with Crippen LogP contribution >= 0.6 is 11.3 Å². The fourth-order valence-electron chi connectivity index (χ4n) is 1.93. The second-order valence-electron chi connectivity index (χ2n) is 5.64. The van der Waals surface area contributed by atoms with Crippen molar-refractivity contribution in [3.63, 3.8) is 0 Å². The number of anilines is 1. The lowest BCUT2D eigenvalue weighted by Crippen LogP contribution is -1.92. The molecule has 1 aliphatic carbocycles. The van der Waals surface area contributed by atoms with Gasteiger partial charge in [0.25, 0.3) is 0 Å². The lowest BCUT2D eigenvalue weighted by molar-refractivity contribution is -0.105. The number of carbonyl (C=O) groups excluding carboxylic acids is 1. The van der Waals surface area contributed by atoms with E-state index in [1.54, 1.807) is 6.92 Å². The lowest BCUT2D eigenvalue weighted by Gasteiger charge is -1.97. The van der Waals surface area contributed by atoms with E-state index in [2.05, 4.69) is 27.4 Å². The van der Waals surface area contributed by atoms with Crippen LogP contribution in [-0.2, 0) is 4.79 Å². The predicted octanol–water partition coefficient (Wildman–Crippen LogP) is 4.15. The zero-order chi connectivity index (χ0) is 16.9. The van der Waals surface area contributed by atoms with Crippen LogP contribution in [0.1, 0.15) is 25.7 Å². The van der Waals surface area contributed by atoms with Gasteiger partial charge in [0.15, 0.2) is 5.13 Å². The summed E-state index contributed by atoms with van der Waals surface area (Å²) in [6, 6.07) is 9.66. The number of rotatable bonds is 4. The Morgan fingerprint density at radius 1 is 1.25 bits per heavy atom. The van der Waals surface area contributed by atoms with Crippen molar-refractivity contribution < 1.29 is 9.32 Å². The first-order valence-electron chi connectivity index (χ1n) is 7.74. The van der Waals surface area contributed by atoms with E-state index < -0.39 is 0 Å². The van der Waals surface area contributed by atoms with Crippen LogP contribution in [0, 0.1) is 12.8 Å². The van der Waals surface area contributed by atoms with E-state index in [1.165, 1.54) is 24.2 Å². The van der Waals surface area contributed by atoms with Crippen molar-refractivity contribution in [1.29, 1.82) is 0 Å². The van der Waals surface area contributed by atoms with Gasteiger partial charge >= 0.3 is 0 Å². The molecule has 3 aromatic rings. The molecule has 7 heteroatoms. The molecule has 24 heavy (non-hydrogen) atoms. The first kappa shape index (κ1) is 16.3. The van der Waals surface area contributed by atoms with Crippen molar-refractivity contribution in [3.8, 4) is 22.0 Å². The SMILES string of the molecule is CC1CC1.Cc1nc(-c2sc(NC=O)nc2-c2ccccc2)no1. The van der Waals surface area contributed by atoms with Gasteiger partial charge in [-0.2, -0.15) is 4.98 Å². The summed E-state index contributed by atoms with van der Waals surface area (Å²) in [5, 5.41) is 6.97. The summed E-state index contributed by atoms with van der Waals surface area (Å²) >= 11 is 1.31. The topological polar surface area (TPSA) is 80.9 Å². The van der Waals surface area contributed by atoms with E-state index in [1.807, 2.05) is 30.3 Å². The second kappa shape index (κ2) is 7.35. The molecule has 2 aromatic heterocycles. The van der Waals surface area contributed by atoms with Crippen LogP contribution in [0.15, 0.2) is 34.9 Å². The zero-order valence-electron chi connectivity index (χ0n) is 13.5. The summed E-state index contributed by atoms with van der Waals surface area (Å²) < 4.78 is 5.01. The molecule has 1 amide bonds. The van der Waals surface area contributed by atoms with E-state index in [0.717, 1.165) is 22.1 Å². The van der Waals surface area contributed by atoms with Crippen LogP contribution in [0.3, 0.4) is 0 Å². The normalized spacial score (nSPS) is 13.1. The van der Waals surface area contributed by atoms with Gasteiger partial charge < -0.3 is 9.84 Å². The Labute approximate surface area is 143 Å². The van der Waals surface area contributed by atoms with E-state index in [9.17, 15) is 4.79 Å². The number of aryl methyl sites for hydroxylation is 1. The number of carbonyl (C=O) groups is 1. The number of hydrogen-bond donors (Lipinski definition) is 1. The number of amides is 1. The molecule has 0 spiro atoms. The Hall–Kier alpha value is -2.54. The molecular weight excluding hydrogens is 324 g/mol. The molecular formula is C17H18N4O2S. The van der Waals surface area contributed by atoms with Gasteiger partial charge in [0.1, 0.15) is 4.88 Å². The maximum absolute atomic E-state index is 10.6. The van der Waals surface area contributed by atoms with E-state index in [4.69, 9.17) is 4.52 Å². The molecule has 0 aliphatic heterocycles. The Bertz CT molecular complexity index is 809. The molecule has 0 atom stereocenters. The van der Waals surface area contributed by atoms with Crippen molar-refractivity contribution in [2.45, 2.75) is 26.7 Å². The number of benzene rings is 1. The Balaban J connectivity index is 0.000000370. The highest BCUT2D eigenvalue weighted by Crippen LogP contribution is 2.37. The number of hydrogen-bond acceptors (Lipinski definition) is 6. The maximum Gasteiger partial charge on any atom is 0.223 e. The van der Waals surface area contributed by atoms with Gasteiger partial charge in [0.2, 0.25) is 18.1 Å². The molecule has 1 N–H and O–H groups in total. The van der Waals surface area contributed by atoms with Gasteiger partial charge in [0.05, 0.1) is 5.69 Å². The molecule has 6 nitrogen and oxygen atoms in total. The predicted molar refractivity (Wildman–Crippen MR) is 93.7 cm³/mol. The Kier molecular flexibility index (Phi) is 5.00. The van der Waals surface area contributed by atoms with Gasteiger partial charge in [-0.25, -0.2) is 4.98 Å². The van der Waals surface area contributed by atoms with Crippen molar-refractivity contribution in [1.82, 2.24) is 15.1 Å². The Morgan fingerprint density at radius 3 is 2.50 bits per heavy atom. The number of thiazole rings is 1. The molecule has 0 bridgehead atoms. The van der Waals surface area contributed by atoms with Gasteiger partial charge in [-0.3, -0.25) is 4.79 Å². The highest BCUT2D eigenvalue weighted by atomic mass is 32.1. The smallest absolute Gasteiger partial charge is 0.223 e. The van der Waals surface area contributed by atoms with Crippen LogP contribution in [0.25, 0.3) is 22.0 Å². The van der Waals surface area contributed by atoms with Crippen LogP contribution in [0.2, 0.25) is 0 Å². The summed E-state index contributed by atoms with van der Waals surface area (Å²) in [5.41, 5.74) is 1.65. The van der Waals surface area contributed by atoms with Crippen molar-refractivity contribution in [2.24, 2.45) is 5.92 Å². The standard InChI is InChI=1S/C13H10N4O2S.C4H8/c1-8-15-12(17-19-8)11-10(9-5-3-2-4-6-9)16-13(20-11)14-7-18;1-4-2-3-4/h2-7H,1H3,(H,14,16,18);4H,2-3H2,1H3. The summed E-state index contributed by atoms with van der Waals surface area (Å²) in [5.74, 6) is 2.04. The van der Waals surface area contributed by atoms with Gasteiger partial charge in [-0.05, 0) is 5.92 Å². The van der Waals surface area contributed by atoms with Gasteiger partial charge in [0, 0.05) is 12.5 Å². The summed E-state index contributed by atoms with van der Waals surface area (Å²) in [4.78, 5) is 20.0. The van der Waals surface area contributed by atoms with Gasteiger partial charge in [-0.1, -0.05) is 66.6 Å². The highest BCUT2D eigenvalue weighted by molar-refractivity contribution is 7.19. The molecule has 1 aromatic carbocycles. The third-order valence-electron chi connectivity index (χ3n) is 3.45. The quantitative estimate of drug-likeness (QED) is 0.720. The molecule has 1 saturated carbocycles. The molecule has 124 valence electrons. The first-order chi connectivity index (χ1) is 11.7. The summed E-state index contributed by atoms with van der Waals surface area (Å²) in [7, 11) is 0. The average molecular weight is 342 g/mol. The fourth-order valence-corrected chi connectivity index (χ4v) is 2.81. The van der Waals surface area contributed by atoms with Crippen molar-refractivity contribution >= 4 is 22.9 Å². The lowest BCUT2D eigenvalue weighted by atomic mass is 10.1. The van der Waals surface area contributed by atoms with Crippen LogP contribution in [0.4, 0.5) is 5.13 Å². The molecule has 0 radical (unpaired) electrons. The van der Waals surface area contributed by atoms with Crippen molar-refractivity contribution in [2.75, 3.05) is 5.32 Å². The van der Waals surface area contributed by atoms with Crippen LogP contribution in [-0.4, -0.2) is 21.5 Å². The number of aromatic nitrogens is 3. The summed E-state index contributed by atoms with van der Waals surface area (Å²) in [6.45, 7) is 4.00. The third kappa shape index (κ3) is 4.05. The number of nitrogens with one attached hydrogen (secondary N) is 1. The molecule has 0 unspecified atom stereocenters. The Morgan fingerprint density at radius 2 is 1.96 bits per heavy atom. The third-order valence-corrected chi connectivity index (χ3v) is 4.44. The first-order valence-corrected chi connectivity index (χ1v) is 8.56. The monoisotopic (exact) mass is 342 g/mol.